The van der Waals surface area contributed by atoms with Crippen LogP contribution in [-0.4, -0.2) is 0 Å². The van der Waals surface area contributed by atoms with Crippen LogP contribution in [0.25, 0.3) is 0 Å². The zero-order chi connectivity index (χ0) is 0. The quantitative estimate of drug-likeness (QED) is 0.237. The summed E-state index contributed by atoms with van der Waals surface area (Å²) in [5, 5.41) is 0. The minimum absolute atomic E-state index is 0. The monoisotopic (exact) mass is 693 g/mol. The molecule has 0 aliphatic rings. The average molecular weight is 695 g/mol. The van der Waals surface area contributed by atoms with Crippen LogP contribution in [-0.2, 0) is 40.2 Å². The molecule has 0 aliphatic carbocycles. The summed E-state index contributed by atoms with van der Waals surface area (Å²) >= 11 is 0. The summed E-state index contributed by atoms with van der Waals surface area (Å²) in [6.07, 6.45) is 0. The molecule has 0 N–H and O–H groups in total. The molecule has 0 aliphatic heterocycles. The van der Waals surface area contributed by atoms with Crippen LogP contribution in [0, 0.1) is 0 Å². The Labute approximate surface area is 114 Å². The molecule has 0 amide bonds. The first-order valence-corrected chi connectivity index (χ1v) is 0. The third kappa shape index (κ3) is 45.3. The van der Waals surface area contributed by atoms with Crippen LogP contribution in [0.4, 0.5) is 0 Å². The second-order valence-electron chi connectivity index (χ2n) is 0. The van der Waals surface area contributed by atoms with Crippen molar-refractivity contribution >= 4 is 0 Å². The van der Waals surface area contributed by atoms with Crippen LogP contribution < -0.4 is 75.8 Å². The minimum Gasteiger partial charge on any atom is -1.00 e. The number of hydrogen-bond donors (Lipinski definition) is 0. The summed E-state index contributed by atoms with van der Waals surface area (Å²) < 4.78 is 0. The van der Waals surface area contributed by atoms with Crippen molar-refractivity contribution in [3.05, 3.63) is 0 Å². The van der Waals surface area contributed by atoms with Crippen molar-refractivity contribution in [1.82, 2.24) is 0 Å². The molecule has 0 unspecified atom stereocenters. The molecule has 0 radical (unpaired) electrons. The Bertz CT molecular complexity index is 10.9. The second kappa shape index (κ2) is 58.6. The largest absolute Gasteiger partial charge is 3.00 e. The normalized spacial score (nSPS) is 0. The summed E-state index contributed by atoms with van der Waals surface area (Å²) in [4.78, 5) is 0. The van der Waals surface area contributed by atoms with Gasteiger partial charge in [-0.1, -0.05) is 0 Å². The van der Waals surface area contributed by atoms with Gasteiger partial charge in [0.2, 0.25) is 0 Å². The molecule has 0 bridgehead atoms. The van der Waals surface area contributed by atoms with Crippen molar-refractivity contribution in [3.63, 3.8) is 0 Å². The van der Waals surface area contributed by atoms with Crippen molar-refractivity contribution in [2.75, 3.05) is 0 Å². The summed E-state index contributed by atoms with van der Waals surface area (Å²) in [6, 6.07) is 0. The van der Waals surface area contributed by atoms with Gasteiger partial charge in [-0.3, -0.25) is 0 Å². The van der Waals surface area contributed by atoms with E-state index in [1.165, 1.54) is 0 Å². The molecule has 52 valence electrons. The van der Waals surface area contributed by atoms with Crippen molar-refractivity contribution in [3.8, 4) is 0 Å². The molecule has 0 fully saturated rings. The van der Waals surface area contributed by atoms with Crippen LogP contribution in [0.5, 0.6) is 0 Å². The fourth-order valence-electron chi connectivity index (χ4n) is 0. The molecule has 0 atom stereocenters. The maximum atomic E-state index is 0. The van der Waals surface area contributed by atoms with Gasteiger partial charge in [0.15, 0.2) is 0 Å². The first-order valence-electron chi connectivity index (χ1n) is 0. The molecule has 0 saturated carbocycles. The fourth-order valence-corrected chi connectivity index (χ4v) is 0. The van der Waals surface area contributed by atoms with E-state index < -0.39 is 0 Å². The van der Waals surface area contributed by atoms with Gasteiger partial charge in [-0.25, -0.2) is 0 Å². The van der Waals surface area contributed by atoms with E-state index in [0.29, 0.717) is 0 Å². The van der Waals surface area contributed by atoms with E-state index in [9.17, 15) is 0 Å². The molecule has 0 aromatic rings. The van der Waals surface area contributed by atoms with E-state index in [1.54, 1.807) is 0 Å². The van der Waals surface area contributed by atoms with Gasteiger partial charge in [0, 0.05) is 0 Å². The van der Waals surface area contributed by atoms with E-state index in [0.717, 1.165) is 0 Å². The molecule has 0 heterocycles. The first-order chi connectivity index (χ1) is 0. The number of rotatable bonds is 0. The molecular weight excluding hydrogens is 695 g/mol. The summed E-state index contributed by atoms with van der Waals surface area (Å²) in [6.45, 7) is 0. The first kappa shape index (κ1) is 81.4. The van der Waals surface area contributed by atoms with E-state index in [2.05, 4.69) is 0 Å². The zero-order valence-electron chi connectivity index (χ0n) is 2.56. The van der Waals surface area contributed by atoms with Gasteiger partial charge in [-0.05, 0) is 0 Å². The molecule has 0 spiro atoms. The predicted octanol–water partition coefficient (Wildman–Crippen LogP) is -15.0. The van der Waals surface area contributed by atoms with Crippen molar-refractivity contribution in [2.45, 2.75) is 0 Å². The second-order valence-corrected chi connectivity index (χ2v) is 0. The molecule has 7 heteroatoms. The van der Waals surface area contributed by atoms with Crippen LogP contribution in [0.3, 0.4) is 0 Å². The standard InChI is InChI=1S/3BrH.2ClH.2Ir/h5*1H;;/q;;;;;2*+3/p-5. The van der Waals surface area contributed by atoms with E-state index in [4.69, 9.17) is 0 Å². The molecule has 0 aromatic carbocycles. The maximum Gasteiger partial charge on any atom is 3.00 e. The Kier molecular flexibility index (Phi) is 681. The van der Waals surface area contributed by atoms with E-state index in [1.807, 2.05) is 0 Å². The molecule has 0 saturated heterocycles. The SMILES string of the molecule is [Br-].[Br-].[Br-].[Cl-].[Cl-].[Ir+3].[Ir+3]. The van der Waals surface area contributed by atoms with Crippen LogP contribution in [0.2, 0.25) is 0 Å². The Hall–Kier alpha value is 3.32. The van der Waals surface area contributed by atoms with Gasteiger partial charge >= 0.3 is 40.2 Å². The molecule has 7 heavy (non-hydrogen) atoms. The molecule has 0 aromatic heterocycles. The van der Waals surface area contributed by atoms with Gasteiger partial charge < -0.3 is 75.8 Å². The van der Waals surface area contributed by atoms with Crippen molar-refractivity contribution < 1.29 is 116 Å². The van der Waals surface area contributed by atoms with Gasteiger partial charge in [0.1, 0.15) is 0 Å². The van der Waals surface area contributed by atoms with Gasteiger partial charge in [0.25, 0.3) is 0 Å². The van der Waals surface area contributed by atoms with Crippen molar-refractivity contribution in [2.24, 2.45) is 0 Å². The summed E-state index contributed by atoms with van der Waals surface area (Å²) in [5.74, 6) is 0. The smallest absolute Gasteiger partial charge is 1.00 e. The average Bonchev–Trinajstić information content (AvgIpc) is 0. The van der Waals surface area contributed by atoms with E-state index >= 15 is 0 Å². The third-order valence-electron chi connectivity index (χ3n) is 0. The number of hydrogen-bond acceptors (Lipinski definition) is 0. The predicted molar refractivity (Wildman–Crippen MR) is 0 cm³/mol. The maximum absolute atomic E-state index is 0. The molecular formula is Br3Cl2Ir2+. The van der Waals surface area contributed by atoms with Gasteiger partial charge in [-0.15, -0.1) is 0 Å². The van der Waals surface area contributed by atoms with E-state index in [-0.39, 0.29) is 116 Å². The van der Waals surface area contributed by atoms with Crippen LogP contribution in [0.1, 0.15) is 0 Å². The Balaban J connectivity index is 0. The Morgan fingerprint density at radius 1 is 0.429 bits per heavy atom. The van der Waals surface area contributed by atoms with Gasteiger partial charge in [0.05, 0.1) is 0 Å². The minimum atomic E-state index is 0. The Morgan fingerprint density at radius 3 is 0.429 bits per heavy atom. The molecule has 0 nitrogen and oxygen atoms in total. The van der Waals surface area contributed by atoms with Crippen molar-refractivity contribution in [1.29, 1.82) is 0 Å². The fraction of sp³-hybridized carbons (Fsp3) is 0. The summed E-state index contributed by atoms with van der Waals surface area (Å²) in [5.41, 5.74) is 0. The molecule has 0 rings (SSSR count). The Morgan fingerprint density at radius 2 is 0.429 bits per heavy atom. The van der Waals surface area contributed by atoms with Crippen LogP contribution in [0.15, 0.2) is 0 Å². The zero-order valence-corrected chi connectivity index (χ0v) is 13.6. The topological polar surface area (TPSA) is 0 Å². The summed E-state index contributed by atoms with van der Waals surface area (Å²) in [7, 11) is 0. The number of halogens is 5. The van der Waals surface area contributed by atoms with Crippen LogP contribution >= 0.6 is 0 Å². The van der Waals surface area contributed by atoms with Gasteiger partial charge in [-0.2, -0.15) is 0 Å². The third-order valence-corrected chi connectivity index (χ3v) is 0.